The van der Waals surface area contributed by atoms with E-state index in [1.54, 1.807) is 0 Å². The highest BCUT2D eigenvalue weighted by Gasteiger charge is 2.43. The van der Waals surface area contributed by atoms with Gasteiger partial charge in [-0.3, -0.25) is 4.79 Å². The highest BCUT2D eigenvalue weighted by atomic mass is 35.5. The lowest BCUT2D eigenvalue weighted by Crippen LogP contribution is -2.53. The fraction of sp³-hybridized carbons (Fsp3) is 0.480. The van der Waals surface area contributed by atoms with E-state index in [1.807, 2.05) is 42.3 Å². The molecular weight excluding hydrogens is 509 g/mol. The van der Waals surface area contributed by atoms with Crippen LogP contribution >= 0.6 is 23.2 Å². The molecule has 35 heavy (non-hydrogen) atoms. The number of piperidine rings is 1. The molecule has 0 saturated carbocycles. The minimum atomic E-state index is -3.85. The molecule has 7 nitrogen and oxygen atoms in total. The standard InChI is InChI=1S/C25H31Cl2N3O4S/c1-28-10-12-29(13-11-28)24(31)17-25(19-34-22-6-3-2-4-7-22)8-5-9-30(18-25)35(32,33)23-15-20(26)14-21(27)16-23/h2-4,6-7,14-16H,5,8-13,17-19H2,1H3/t25-/m1/s1. The first kappa shape index (κ1) is 26.2. The predicted octanol–water partition coefficient (Wildman–Crippen LogP) is 4.01. The van der Waals surface area contributed by atoms with E-state index in [0.717, 1.165) is 13.1 Å². The van der Waals surface area contributed by atoms with Gasteiger partial charge in [0.05, 0.1) is 11.5 Å². The van der Waals surface area contributed by atoms with Crippen LogP contribution in [0, 0.1) is 5.41 Å². The normalized spacial score (nSPS) is 22.2. The van der Waals surface area contributed by atoms with Crippen molar-refractivity contribution in [2.45, 2.75) is 24.2 Å². The number of carbonyl (C=O) groups is 1. The van der Waals surface area contributed by atoms with Crippen LogP contribution in [-0.4, -0.2) is 81.4 Å². The third-order valence-corrected chi connectivity index (χ3v) is 9.03. The van der Waals surface area contributed by atoms with Gasteiger partial charge in [-0.25, -0.2) is 8.42 Å². The number of nitrogens with zero attached hydrogens (tertiary/aromatic N) is 3. The molecule has 0 bridgehead atoms. The summed E-state index contributed by atoms with van der Waals surface area (Å²) in [6.07, 6.45) is 1.55. The zero-order chi connectivity index (χ0) is 25.1. The second-order valence-electron chi connectivity index (χ2n) is 9.51. The van der Waals surface area contributed by atoms with Crippen molar-refractivity contribution in [1.82, 2.24) is 14.1 Å². The van der Waals surface area contributed by atoms with Gasteiger partial charge >= 0.3 is 0 Å². The van der Waals surface area contributed by atoms with E-state index in [9.17, 15) is 13.2 Å². The summed E-state index contributed by atoms with van der Waals surface area (Å²) in [5.74, 6) is 0.736. The van der Waals surface area contributed by atoms with Gasteiger partial charge in [0.1, 0.15) is 5.75 Å². The molecule has 10 heteroatoms. The van der Waals surface area contributed by atoms with E-state index in [4.69, 9.17) is 27.9 Å². The van der Waals surface area contributed by atoms with E-state index >= 15 is 0 Å². The first-order valence-electron chi connectivity index (χ1n) is 11.8. The van der Waals surface area contributed by atoms with Crippen molar-refractivity contribution < 1.29 is 17.9 Å². The summed E-state index contributed by atoms with van der Waals surface area (Å²) >= 11 is 12.2. The van der Waals surface area contributed by atoms with Crippen molar-refractivity contribution in [2.75, 3.05) is 52.9 Å². The molecule has 1 amide bonds. The van der Waals surface area contributed by atoms with Crippen molar-refractivity contribution >= 4 is 39.1 Å². The van der Waals surface area contributed by atoms with Gasteiger partial charge in [0.25, 0.3) is 0 Å². The summed E-state index contributed by atoms with van der Waals surface area (Å²) in [6.45, 7) is 3.80. The van der Waals surface area contributed by atoms with E-state index in [2.05, 4.69) is 4.90 Å². The Morgan fingerprint density at radius 1 is 1.00 bits per heavy atom. The molecule has 2 saturated heterocycles. The van der Waals surface area contributed by atoms with Gasteiger partial charge < -0.3 is 14.5 Å². The second kappa shape index (κ2) is 11.0. The molecule has 4 rings (SSSR count). The average Bonchev–Trinajstić information content (AvgIpc) is 2.83. The van der Waals surface area contributed by atoms with Crippen LogP contribution in [0.4, 0.5) is 0 Å². The van der Waals surface area contributed by atoms with Gasteiger partial charge in [0.15, 0.2) is 0 Å². The van der Waals surface area contributed by atoms with Gasteiger partial charge in [0.2, 0.25) is 15.9 Å². The fourth-order valence-corrected chi connectivity index (χ4v) is 7.07. The number of likely N-dealkylation sites (N-methyl/N-ethyl adjacent to an activating group) is 1. The molecule has 0 unspecified atom stereocenters. The number of benzene rings is 2. The molecule has 2 aliphatic rings. The molecule has 2 heterocycles. The van der Waals surface area contributed by atoms with E-state index < -0.39 is 15.4 Å². The minimum Gasteiger partial charge on any atom is -0.493 e. The maximum Gasteiger partial charge on any atom is 0.243 e. The van der Waals surface area contributed by atoms with Crippen molar-refractivity contribution in [1.29, 1.82) is 0 Å². The summed E-state index contributed by atoms with van der Waals surface area (Å²) in [5.41, 5.74) is -0.649. The Morgan fingerprint density at radius 2 is 1.66 bits per heavy atom. The Kier molecular flexibility index (Phi) is 8.28. The zero-order valence-corrected chi connectivity index (χ0v) is 22.2. The predicted molar refractivity (Wildman–Crippen MR) is 138 cm³/mol. The van der Waals surface area contributed by atoms with Gasteiger partial charge in [-0.05, 0) is 50.2 Å². The number of hydrogen-bond acceptors (Lipinski definition) is 5. The van der Waals surface area contributed by atoms with Gasteiger partial charge in [-0.1, -0.05) is 41.4 Å². The summed E-state index contributed by atoms with van der Waals surface area (Å²) in [5, 5.41) is 0.522. The number of halogens is 2. The van der Waals surface area contributed by atoms with Crippen LogP contribution < -0.4 is 4.74 Å². The van der Waals surface area contributed by atoms with Gasteiger partial charge in [-0.15, -0.1) is 0 Å². The summed E-state index contributed by atoms with van der Waals surface area (Å²) in [4.78, 5) is 17.5. The Hall–Kier alpha value is -1.84. The van der Waals surface area contributed by atoms with Gasteiger partial charge in [0, 0.05) is 61.1 Å². The van der Waals surface area contributed by atoms with Crippen molar-refractivity contribution in [3.8, 4) is 5.75 Å². The number of piperazine rings is 1. The largest absolute Gasteiger partial charge is 0.493 e. The number of sulfonamides is 1. The van der Waals surface area contributed by atoms with Crippen molar-refractivity contribution in [2.24, 2.45) is 5.41 Å². The Morgan fingerprint density at radius 3 is 2.31 bits per heavy atom. The minimum absolute atomic E-state index is 0.0415. The van der Waals surface area contributed by atoms with E-state index in [1.165, 1.54) is 22.5 Å². The Bertz CT molecular complexity index is 1120. The highest BCUT2D eigenvalue weighted by molar-refractivity contribution is 7.89. The Labute approximate surface area is 217 Å². The number of amides is 1. The molecule has 0 spiro atoms. The first-order valence-corrected chi connectivity index (χ1v) is 14.0. The molecule has 0 radical (unpaired) electrons. The van der Waals surface area contributed by atoms with Crippen LogP contribution in [0.1, 0.15) is 19.3 Å². The lowest BCUT2D eigenvalue weighted by Gasteiger charge is -2.43. The molecule has 2 fully saturated rings. The number of carbonyl (C=O) groups excluding carboxylic acids is 1. The number of rotatable bonds is 7. The summed E-state index contributed by atoms with van der Waals surface area (Å²) in [6, 6.07) is 13.7. The van der Waals surface area contributed by atoms with Crippen LogP contribution in [0.5, 0.6) is 5.75 Å². The average molecular weight is 541 g/mol. The van der Waals surface area contributed by atoms with Crippen molar-refractivity contribution in [3.05, 3.63) is 58.6 Å². The summed E-state index contributed by atoms with van der Waals surface area (Å²) < 4.78 is 34.7. The molecule has 0 N–H and O–H groups in total. The second-order valence-corrected chi connectivity index (χ2v) is 12.3. The molecule has 2 aromatic rings. The molecule has 0 aliphatic carbocycles. The smallest absolute Gasteiger partial charge is 0.243 e. The molecule has 2 aromatic carbocycles. The lowest BCUT2D eigenvalue weighted by atomic mass is 9.78. The van der Waals surface area contributed by atoms with Crippen LogP contribution in [0.3, 0.4) is 0 Å². The third-order valence-electron chi connectivity index (χ3n) is 6.77. The lowest BCUT2D eigenvalue weighted by molar-refractivity contribution is -0.136. The molecule has 0 aromatic heterocycles. The fourth-order valence-electron chi connectivity index (χ4n) is 4.75. The van der Waals surface area contributed by atoms with Crippen LogP contribution in [0.15, 0.2) is 53.4 Å². The maximum absolute atomic E-state index is 13.5. The molecular formula is C25H31Cl2N3O4S. The Balaban J connectivity index is 1.58. The number of hydrogen-bond donors (Lipinski definition) is 0. The molecule has 1 atom stereocenters. The topological polar surface area (TPSA) is 70.2 Å². The molecule has 190 valence electrons. The zero-order valence-electron chi connectivity index (χ0n) is 19.8. The summed E-state index contributed by atoms with van der Waals surface area (Å²) in [7, 11) is -1.81. The highest BCUT2D eigenvalue weighted by Crippen LogP contribution is 2.38. The van der Waals surface area contributed by atoms with Gasteiger partial charge in [-0.2, -0.15) is 4.31 Å². The third kappa shape index (κ3) is 6.49. The van der Waals surface area contributed by atoms with E-state index in [0.29, 0.717) is 38.2 Å². The van der Waals surface area contributed by atoms with Crippen LogP contribution in [0.25, 0.3) is 0 Å². The number of ether oxygens (including phenoxy) is 1. The van der Waals surface area contributed by atoms with Crippen LogP contribution in [-0.2, 0) is 14.8 Å². The van der Waals surface area contributed by atoms with E-state index in [-0.39, 0.29) is 40.4 Å². The number of para-hydroxylation sites is 1. The maximum atomic E-state index is 13.5. The SMILES string of the molecule is CN1CCN(C(=O)C[C@]2(COc3ccccc3)CCCN(S(=O)(=O)c3cc(Cl)cc(Cl)c3)C2)CC1. The van der Waals surface area contributed by atoms with Crippen LogP contribution in [0.2, 0.25) is 10.0 Å². The quantitative estimate of drug-likeness (QED) is 0.531. The monoisotopic (exact) mass is 539 g/mol. The molecule has 2 aliphatic heterocycles. The van der Waals surface area contributed by atoms with Crippen molar-refractivity contribution in [3.63, 3.8) is 0 Å². The first-order chi connectivity index (χ1) is 16.7.